The van der Waals surface area contributed by atoms with Crippen LogP contribution in [0.25, 0.3) is 0 Å². The molecule has 0 aliphatic carbocycles. The van der Waals surface area contributed by atoms with Gasteiger partial charge in [0.1, 0.15) is 0 Å². The van der Waals surface area contributed by atoms with E-state index >= 15 is 0 Å². The first kappa shape index (κ1) is 15.9. The first-order valence-corrected chi connectivity index (χ1v) is 7.19. The van der Waals surface area contributed by atoms with Crippen LogP contribution in [0, 0.1) is 5.92 Å². The van der Waals surface area contributed by atoms with Crippen LogP contribution in [0.1, 0.15) is 33.6 Å². The Kier molecular flexibility index (Phi) is 7.15. The van der Waals surface area contributed by atoms with E-state index in [1.54, 1.807) is 0 Å². The molecule has 0 spiro atoms. The molecule has 108 valence electrons. The fourth-order valence-electron chi connectivity index (χ4n) is 2.47. The molecule has 1 heterocycles. The molecule has 1 saturated heterocycles. The van der Waals surface area contributed by atoms with E-state index in [4.69, 9.17) is 4.74 Å². The summed E-state index contributed by atoms with van der Waals surface area (Å²) in [7, 11) is 2.13. The summed E-state index contributed by atoms with van der Waals surface area (Å²) in [6, 6.07) is 0.526. The lowest BCUT2D eigenvalue weighted by molar-refractivity contribution is -0.00916. The Labute approximate surface area is 112 Å². The first-order valence-electron chi connectivity index (χ1n) is 7.19. The summed E-state index contributed by atoms with van der Waals surface area (Å²) in [5.74, 6) is 0.643. The van der Waals surface area contributed by atoms with Crippen molar-refractivity contribution in [3.8, 4) is 0 Å². The van der Waals surface area contributed by atoms with E-state index in [9.17, 15) is 5.11 Å². The van der Waals surface area contributed by atoms with Crippen LogP contribution in [0.2, 0.25) is 0 Å². The summed E-state index contributed by atoms with van der Waals surface area (Å²) < 4.78 is 5.65. The molecule has 1 aliphatic heterocycles. The smallest absolute Gasteiger partial charge is 0.0897 e. The molecular weight excluding hydrogens is 228 g/mol. The van der Waals surface area contributed by atoms with Crippen molar-refractivity contribution >= 4 is 0 Å². The summed E-state index contributed by atoms with van der Waals surface area (Å²) in [5.41, 5.74) is 0. The Balaban J connectivity index is 2.04. The molecular formula is C14H30N2O2. The lowest BCUT2D eigenvalue weighted by atomic mass is 10.1. The highest BCUT2D eigenvalue weighted by Crippen LogP contribution is 2.08. The zero-order valence-corrected chi connectivity index (χ0v) is 12.4. The number of rotatable bonds is 8. The minimum Gasteiger partial charge on any atom is -0.389 e. The van der Waals surface area contributed by atoms with Crippen LogP contribution in [-0.4, -0.2) is 61.5 Å². The van der Waals surface area contributed by atoms with Gasteiger partial charge in [0.25, 0.3) is 0 Å². The van der Waals surface area contributed by atoms with E-state index in [0.717, 1.165) is 19.5 Å². The molecule has 3 atom stereocenters. The SMILES string of the molecule is CC(C)CC(C)OCC(O)CNC1CCN(C)C1. The molecule has 0 aromatic carbocycles. The molecule has 1 aliphatic rings. The van der Waals surface area contributed by atoms with Crippen LogP contribution >= 0.6 is 0 Å². The zero-order valence-electron chi connectivity index (χ0n) is 12.4. The van der Waals surface area contributed by atoms with E-state index in [0.29, 0.717) is 25.1 Å². The van der Waals surface area contributed by atoms with E-state index < -0.39 is 6.10 Å². The number of likely N-dealkylation sites (tertiary alicyclic amines) is 1. The predicted molar refractivity (Wildman–Crippen MR) is 74.8 cm³/mol. The molecule has 0 amide bonds. The van der Waals surface area contributed by atoms with E-state index in [1.165, 1.54) is 6.42 Å². The molecule has 0 bridgehead atoms. The molecule has 4 heteroatoms. The molecule has 3 unspecified atom stereocenters. The molecule has 1 rings (SSSR count). The number of hydrogen-bond acceptors (Lipinski definition) is 4. The Hall–Kier alpha value is -0.160. The molecule has 4 nitrogen and oxygen atoms in total. The van der Waals surface area contributed by atoms with Gasteiger partial charge in [0.15, 0.2) is 0 Å². The summed E-state index contributed by atoms with van der Waals surface area (Å²) in [6.45, 7) is 9.75. The van der Waals surface area contributed by atoms with Crippen LogP contribution in [0.3, 0.4) is 0 Å². The molecule has 0 saturated carbocycles. The van der Waals surface area contributed by atoms with Crippen LogP contribution in [0.4, 0.5) is 0 Å². The van der Waals surface area contributed by atoms with Crippen molar-refractivity contribution < 1.29 is 9.84 Å². The van der Waals surface area contributed by atoms with E-state index in [2.05, 4.69) is 38.0 Å². The second kappa shape index (κ2) is 8.10. The topological polar surface area (TPSA) is 44.7 Å². The third-order valence-corrected chi connectivity index (χ3v) is 3.41. The van der Waals surface area contributed by atoms with Crippen molar-refractivity contribution in [1.29, 1.82) is 0 Å². The van der Waals surface area contributed by atoms with Gasteiger partial charge in [-0.15, -0.1) is 0 Å². The van der Waals surface area contributed by atoms with Gasteiger partial charge >= 0.3 is 0 Å². The Morgan fingerprint density at radius 1 is 1.39 bits per heavy atom. The number of aliphatic hydroxyl groups excluding tert-OH is 1. The third kappa shape index (κ3) is 6.69. The lowest BCUT2D eigenvalue weighted by Crippen LogP contribution is -2.39. The minimum absolute atomic E-state index is 0.234. The minimum atomic E-state index is -0.398. The second-order valence-electron chi connectivity index (χ2n) is 6.08. The van der Waals surface area contributed by atoms with E-state index in [1.807, 2.05) is 0 Å². The number of nitrogens with zero attached hydrogens (tertiary/aromatic N) is 1. The largest absolute Gasteiger partial charge is 0.389 e. The average molecular weight is 258 g/mol. The van der Waals surface area contributed by atoms with Gasteiger partial charge < -0.3 is 20.1 Å². The van der Waals surface area contributed by atoms with Gasteiger partial charge in [-0.3, -0.25) is 0 Å². The molecule has 0 aromatic heterocycles. The lowest BCUT2D eigenvalue weighted by Gasteiger charge is -2.20. The van der Waals surface area contributed by atoms with Crippen LogP contribution in [0.15, 0.2) is 0 Å². The highest BCUT2D eigenvalue weighted by atomic mass is 16.5. The van der Waals surface area contributed by atoms with E-state index in [-0.39, 0.29) is 6.10 Å². The summed E-state index contributed by atoms with van der Waals surface area (Å²) in [5, 5.41) is 13.3. The molecule has 0 radical (unpaired) electrons. The van der Waals surface area contributed by atoms with Gasteiger partial charge in [0, 0.05) is 19.1 Å². The molecule has 0 aromatic rings. The highest BCUT2D eigenvalue weighted by molar-refractivity contribution is 4.79. The molecule has 2 N–H and O–H groups in total. The van der Waals surface area contributed by atoms with Crippen molar-refractivity contribution in [1.82, 2.24) is 10.2 Å². The number of likely N-dealkylation sites (N-methyl/N-ethyl adjacent to an activating group) is 1. The predicted octanol–water partition coefficient (Wildman–Crippen LogP) is 1.09. The molecule has 18 heavy (non-hydrogen) atoms. The van der Waals surface area contributed by atoms with Crippen molar-refractivity contribution in [3.63, 3.8) is 0 Å². The summed E-state index contributed by atoms with van der Waals surface area (Å²) >= 11 is 0. The van der Waals surface area contributed by atoms with Gasteiger partial charge in [-0.1, -0.05) is 13.8 Å². The van der Waals surface area contributed by atoms with Crippen LogP contribution in [0.5, 0.6) is 0 Å². The zero-order chi connectivity index (χ0) is 13.5. The van der Waals surface area contributed by atoms with Crippen LogP contribution in [-0.2, 0) is 4.74 Å². The van der Waals surface area contributed by atoms with Gasteiger partial charge in [-0.2, -0.15) is 0 Å². The summed E-state index contributed by atoms with van der Waals surface area (Å²) in [6.07, 6.45) is 2.06. The monoisotopic (exact) mass is 258 g/mol. The number of nitrogens with one attached hydrogen (secondary N) is 1. The Bertz CT molecular complexity index is 224. The van der Waals surface area contributed by atoms with Gasteiger partial charge in [0.05, 0.1) is 18.8 Å². The maximum absolute atomic E-state index is 9.86. The Morgan fingerprint density at radius 3 is 2.67 bits per heavy atom. The van der Waals surface area contributed by atoms with Crippen LogP contribution < -0.4 is 5.32 Å². The van der Waals surface area contributed by atoms with Gasteiger partial charge in [-0.05, 0) is 39.3 Å². The quantitative estimate of drug-likeness (QED) is 0.684. The third-order valence-electron chi connectivity index (χ3n) is 3.41. The van der Waals surface area contributed by atoms with Crippen molar-refractivity contribution in [2.24, 2.45) is 5.92 Å². The summed E-state index contributed by atoms with van der Waals surface area (Å²) in [4.78, 5) is 2.31. The Morgan fingerprint density at radius 2 is 2.11 bits per heavy atom. The first-order chi connectivity index (χ1) is 8.47. The average Bonchev–Trinajstić information content (AvgIpc) is 2.69. The van der Waals surface area contributed by atoms with Crippen molar-refractivity contribution in [3.05, 3.63) is 0 Å². The maximum Gasteiger partial charge on any atom is 0.0897 e. The standard InChI is InChI=1S/C14H30N2O2/c1-11(2)7-12(3)18-10-14(17)8-15-13-5-6-16(4)9-13/h11-15,17H,5-10H2,1-4H3. The van der Waals surface area contributed by atoms with Crippen molar-refractivity contribution in [2.75, 3.05) is 33.3 Å². The fraction of sp³-hybridized carbons (Fsp3) is 1.00. The molecule has 1 fully saturated rings. The normalized spacial score (nSPS) is 24.7. The number of aliphatic hydroxyl groups is 1. The van der Waals surface area contributed by atoms with Gasteiger partial charge in [0.2, 0.25) is 0 Å². The number of ether oxygens (including phenoxy) is 1. The van der Waals surface area contributed by atoms with Crippen molar-refractivity contribution in [2.45, 2.75) is 51.9 Å². The van der Waals surface area contributed by atoms with Gasteiger partial charge in [-0.25, -0.2) is 0 Å². The number of hydrogen-bond donors (Lipinski definition) is 2. The highest BCUT2D eigenvalue weighted by Gasteiger charge is 2.19. The maximum atomic E-state index is 9.86. The second-order valence-corrected chi connectivity index (χ2v) is 6.08. The fourth-order valence-corrected chi connectivity index (χ4v) is 2.47.